The second-order valence-electron chi connectivity index (χ2n) is 7.77. The highest BCUT2D eigenvalue weighted by molar-refractivity contribution is 7.93. The molecule has 0 bridgehead atoms. The van der Waals surface area contributed by atoms with Crippen molar-refractivity contribution in [2.24, 2.45) is 0 Å². The summed E-state index contributed by atoms with van der Waals surface area (Å²) >= 11 is 0. The van der Waals surface area contributed by atoms with Crippen LogP contribution in [0, 0.1) is 0 Å². The van der Waals surface area contributed by atoms with Gasteiger partial charge in [0, 0.05) is 6.08 Å². The number of carbonyl (C=O) groups excluding carboxylic acids is 1. The highest BCUT2D eigenvalue weighted by Crippen LogP contribution is 2.30. The molecule has 0 aromatic heterocycles. The summed E-state index contributed by atoms with van der Waals surface area (Å²) in [5.41, 5.74) is 1.92. The van der Waals surface area contributed by atoms with E-state index < -0.39 is 15.9 Å². The number of amides is 1. The Morgan fingerprint density at radius 1 is 0.806 bits per heavy atom. The molecule has 0 unspecified atom stereocenters. The van der Waals surface area contributed by atoms with Gasteiger partial charge in [-0.05, 0) is 53.6 Å². The van der Waals surface area contributed by atoms with E-state index in [9.17, 15) is 13.2 Å². The SMILES string of the molecule is COc1cc(/C=C/C(=O)N(c2ccccc2)S(=O)(=O)c2ccccc2)ccc1OCc1ccccc1. The van der Waals surface area contributed by atoms with Crippen LogP contribution in [-0.2, 0) is 21.4 Å². The Hall–Kier alpha value is -4.36. The maximum atomic E-state index is 13.4. The number of benzene rings is 4. The minimum Gasteiger partial charge on any atom is -0.493 e. The lowest BCUT2D eigenvalue weighted by Gasteiger charge is -2.21. The van der Waals surface area contributed by atoms with Gasteiger partial charge in [-0.15, -0.1) is 0 Å². The van der Waals surface area contributed by atoms with Gasteiger partial charge in [-0.1, -0.05) is 72.8 Å². The predicted molar refractivity (Wildman–Crippen MR) is 140 cm³/mol. The van der Waals surface area contributed by atoms with Gasteiger partial charge >= 0.3 is 0 Å². The van der Waals surface area contributed by atoms with E-state index in [4.69, 9.17) is 9.47 Å². The summed E-state index contributed by atoms with van der Waals surface area (Å²) in [5, 5.41) is 0. The standard InChI is InChI=1S/C29H25NO5S/c1-34-28-21-23(17-19-27(28)35-22-24-11-5-2-6-12-24)18-20-29(31)30(25-13-7-3-8-14-25)36(32,33)26-15-9-4-10-16-26/h2-21H,22H2,1H3/b20-18+. The second-order valence-corrected chi connectivity index (χ2v) is 9.56. The molecule has 4 aromatic rings. The average Bonchev–Trinajstić information content (AvgIpc) is 2.92. The van der Waals surface area contributed by atoms with E-state index in [0.717, 1.165) is 9.87 Å². The van der Waals surface area contributed by atoms with Gasteiger partial charge in [0.05, 0.1) is 17.7 Å². The van der Waals surface area contributed by atoms with Crippen molar-refractivity contribution in [3.8, 4) is 11.5 Å². The zero-order valence-corrected chi connectivity index (χ0v) is 20.5. The van der Waals surface area contributed by atoms with Crippen LogP contribution in [0.4, 0.5) is 5.69 Å². The zero-order chi connectivity index (χ0) is 25.4. The van der Waals surface area contributed by atoms with Crippen molar-refractivity contribution >= 4 is 27.7 Å². The number of hydrogen-bond acceptors (Lipinski definition) is 5. The third-order valence-corrected chi connectivity index (χ3v) is 7.05. The number of methoxy groups -OCH3 is 1. The molecule has 182 valence electrons. The number of hydrogen-bond donors (Lipinski definition) is 0. The van der Waals surface area contributed by atoms with E-state index in [1.807, 2.05) is 30.3 Å². The number of ether oxygens (including phenoxy) is 2. The summed E-state index contributed by atoms with van der Waals surface area (Å²) in [6, 6.07) is 31.1. The first-order valence-electron chi connectivity index (χ1n) is 11.2. The van der Waals surface area contributed by atoms with Crippen LogP contribution in [0.25, 0.3) is 6.08 Å². The number of rotatable bonds is 9. The van der Waals surface area contributed by atoms with Crippen LogP contribution in [0.15, 0.2) is 120 Å². The van der Waals surface area contributed by atoms with Gasteiger partial charge < -0.3 is 9.47 Å². The molecule has 0 saturated carbocycles. The summed E-state index contributed by atoms with van der Waals surface area (Å²) in [7, 11) is -2.59. The Labute approximate surface area is 211 Å². The van der Waals surface area contributed by atoms with E-state index in [1.54, 1.807) is 72.8 Å². The van der Waals surface area contributed by atoms with E-state index in [-0.39, 0.29) is 10.6 Å². The average molecular weight is 500 g/mol. The highest BCUT2D eigenvalue weighted by Gasteiger charge is 2.29. The molecule has 4 aromatic carbocycles. The molecular weight excluding hydrogens is 474 g/mol. The van der Waals surface area contributed by atoms with E-state index in [0.29, 0.717) is 23.7 Å². The molecule has 36 heavy (non-hydrogen) atoms. The number of sulfonamides is 1. The number of carbonyl (C=O) groups is 1. The largest absolute Gasteiger partial charge is 0.493 e. The first-order chi connectivity index (χ1) is 17.5. The molecule has 1 amide bonds. The lowest BCUT2D eigenvalue weighted by Crippen LogP contribution is -2.35. The summed E-state index contributed by atoms with van der Waals surface area (Å²) in [6.07, 6.45) is 2.77. The van der Waals surface area contributed by atoms with Crippen molar-refractivity contribution in [3.05, 3.63) is 126 Å². The molecule has 0 spiro atoms. The van der Waals surface area contributed by atoms with Crippen LogP contribution in [0.1, 0.15) is 11.1 Å². The van der Waals surface area contributed by atoms with Crippen molar-refractivity contribution in [2.45, 2.75) is 11.5 Å². The monoisotopic (exact) mass is 499 g/mol. The van der Waals surface area contributed by atoms with Gasteiger partial charge in [-0.2, -0.15) is 4.31 Å². The first-order valence-corrected chi connectivity index (χ1v) is 12.7. The molecule has 0 aliphatic rings. The molecule has 0 atom stereocenters. The lowest BCUT2D eigenvalue weighted by atomic mass is 10.2. The minimum atomic E-state index is -4.12. The predicted octanol–water partition coefficient (Wildman–Crippen LogP) is 5.71. The Morgan fingerprint density at radius 2 is 1.42 bits per heavy atom. The summed E-state index contributed by atoms with van der Waals surface area (Å²) in [6.45, 7) is 0.383. The summed E-state index contributed by atoms with van der Waals surface area (Å²) < 4.78 is 38.8. The highest BCUT2D eigenvalue weighted by atomic mass is 32.2. The van der Waals surface area contributed by atoms with Gasteiger partial charge in [0.1, 0.15) is 6.61 Å². The van der Waals surface area contributed by atoms with Gasteiger partial charge in [0.25, 0.3) is 15.9 Å². The van der Waals surface area contributed by atoms with Gasteiger partial charge in [0.2, 0.25) is 0 Å². The Bertz CT molecular complexity index is 1440. The molecular formula is C29H25NO5S. The van der Waals surface area contributed by atoms with Crippen molar-refractivity contribution in [3.63, 3.8) is 0 Å². The van der Waals surface area contributed by atoms with Crippen LogP contribution in [0.5, 0.6) is 11.5 Å². The smallest absolute Gasteiger partial charge is 0.271 e. The molecule has 0 N–H and O–H groups in total. The van der Waals surface area contributed by atoms with Gasteiger partial charge in [-0.3, -0.25) is 4.79 Å². The van der Waals surface area contributed by atoms with Crippen LogP contribution in [-0.4, -0.2) is 21.4 Å². The molecule has 0 aliphatic carbocycles. The van der Waals surface area contributed by atoms with Crippen LogP contribution < -0.4 is 13.8 Å². The van der Waals surface area contributed by atoms with E-state index >= 15 is 0 Å². The lowest BCUT2D eigenvalue weighted by molar-refractivity contribution is -0.113. The molecule has 7 heteroatoms. The van der Waals surface area contributed by atoms with Crippen molar-refractivity contribution in [2.75, 3.05) is 11.4 Å². The van der Waals surface area contributed by atoms with Crippen LogP contribution >= 0.6 is 0 Å². The van der Waals surface area contributed by atoms with Crippen LogP contribution in [0.2, 0.25) is 0 Å². The molecule has 0 fully saturated rings. The molecule has 6 nitrogen and oxygen atoms in total. The third-order valence-electron chi connectivity index (χ3n) is 5.32. The first kappa shape index (κ1) is 24.8. The number of para-hydroxylation sites is 1. The molecule has 0 radical (unpaired) electrons. The molecule has 0 heterocycles. The fourth-order valence-electron chi connectivity index (χ4n) is 3.52. The fourth-order valence-corrected chi connectivity index (χ4v) is 4.93. The third kappa shape index (κ3) is 5.82. The van der Waals surface area contributed by atoms with Crippen molar-refractivity contribution in [1.29, 1.82) is 0 Å². The Balaban J connectivity index is 1.58. The number of nitrogens with zero attached hydrogens (tertiary/aromatic N) is 1. The summed E-state index contributed by atoms with van der Waals surface area (Å²) in [5.74, 6) is 0.355. The van der Waals surface area contributed by atoms with Gasteiger partial charge in [0.15, 0.2) is 11.5 Å². The van der Waals surface area contributed by atoms with Gasteiger partial charge in [-0.25, -0.2) is 8.42 Å². The quantitative estimate of drug-likeness (QED) is 0.276. The maximum Gasteiger partial charge on any atom is 0.271 e. The minimum absolute atomic E-state index is 0.0252. The topological polar surface area (TPSA) is 72.9 Å². The molecule has 0 aliphatic heterocycles. The fraction of sp³-hybridized carbons (Fsp3) is 0.0690. The molecule has 0 saturated heterocycles. The zero-order valence-electron chi connectivity index (χ0n) is 19.7. The number of anilines is 1. The van der Waals surface area contributed by atoms with Crippen molar-refractivity contribution in [1.82, 2.24) is 0 Å². The maximum absolute atomic E-state index is 13.4. The normalized spacial score (nSPS) is 11.2. The van der Waals surface area contributed by atoms with E-state index in [2.05, 4.69) is 0 Å². The summed E-state index contributed by atoms with van der Waals surface area (Å²) in [4.78, 5) is 13.2. The van der Waals surface area contributed by atoms with Crippen LogP contribution in [0.3, 0.4) is 0 Å². The Morgan fingerprint density at radius 3 is 2.06 bits per heavy atom. The van der Waals surface area contributed by atoms with Crippen molar-refractivity contribution < 1.29 is 22.7 Å². The molecule has 4 rings (SSSR count). The Kier molecular flexibility index (Phi) is 7.82. The van der Waals surface area contributed by atoms with E-state index in [1.165, 1.54) is 25.3 Å². The second kappa shape index (κ2) is 11.4.